The molecule has 1 aliphatic rings. The molecular weight excluding hydrogens is 284 g/mol. The topological polar surface area (TPSA) is 71.6 Å². The summed E-state index contributed by atoms with van der Waals surface area (Å²) in [6, 6.07) is 1.45. The number of amides is 1. The van der Waals surface area contributed by atoms with Gasteiger partial charge in [0.05, 0.1) is 17.2 Å². The molecule has 1 aliphatic heterocycles. The predicted octanol–water partition coefficient (Wildman–Crippen LogP) is 1.46. The SMILES string of the molecule is C[C@@H]1CN(C(=O)COC(=O)c2cc(Cl)c[nH]2)C[C@H](C)O1. The number of hydrogen-bond acceptors (Lipinski definition) is 4. The van der Waals surface area contributed by atoms with Gasteiger partial charge < -0.3 is 19.4 Å². The zero-order chi connectivity index (χ0) is 14.7. The van der Waals surface area contributed by atoms with Gasteiger partial charge in [0.2, 0.25) is 0 Å². The van der Waals surface area contributed by atoms with Gasteiger partial charge in [0.1, 0.15) is 5.69 Å². The quantitative estimate of drug-likeness (QED) is 0.858. The summed E-state index contributed by atoms with van der Waals surface area (Å²) in [5, 5.41) is 0.416. The minimum absolute atomic E-state index is 0.0133. The fourth-order valence-electron chi connectivity index (χ4n) is 2.16. The summed E-state index contributed by atoms with van der Waals surface area (Å²) in [4.78, 5) is 28.0. The maximum Gasteiger partial charge on any atom is 0.355 e. The van der Waals surface area contributed by atoms with Crippen molar-refractivity contribution in [3.05, 3.63) is 23.0 Å². The molecule has 0 saturated carbocycles. The van der Waals surface area contributed by atoms with Crippen LogP contribution in [0.1, 0.15) is 24.3 Å². The van der Waals surface area contributed by atoms with Gasteiger partial charge in [0.15, 0.2) is 6.61 Å². The van der Waals surface area contributed by atoms with Crippen LogP contribution in [-0.2, 0) is 14.3 Å². The second-order valence-corrected chi connectivity index (χ2v) is 5.30. The fourth-order valence-corrected chi connectivity index (χ4v) is 2.33. The van der Waals surface area contributed by atoms with E-state index in [9.17, 15) is 9.59 Å². The summed E-state index contributed by atoms with van der Waals surface area (Å²) in [5.41, 5.74) is 0.228. The van der Waals surface area contributed by atoms with Crippen LogP contribution in [0.15, 0.2) is 12.3 Å². The van der Waals surface area contributed by atoms with Crippen molar-refractivity contribution in [3.63, 3.8) is 0 Å². The zero-order valence-electron chi connectivity index (χ0n) is 11.4. The van der Waals surface area contributed by atoms with Crippen LogP contribution in [0.4, 0.5) is 0 Å². The van der Waals surface area contributed by atoms with E-state index in [0.29, 0.717) is 18.1 Å². The number of esters is 1. The molecule has 2 heterocycles. The van der Waals surface area contributed by atoms with E-state index < -0.39 is 5.97 Å². The molecule has 1 aromatic rings. The van der Waals surface area contributed by atoms with Crippen LogP contribution in [0.5, 0.6) is 0 Å². The summed E-state index contributed by atoms with van der Waals surface area (Å²) in [5.74, 6) is -0.822. The summed E-state index contributed by atoms with van der Waals surface area (Å²) in [7, 11) is 0. The van der Waals surface area contributed by atoms with Crippen LogP contribution in [0.2, 0.25) is 5.02 Å². The molecule has 0 unspecified atom stereocenters. The Kier molecular flexibility index (Phi) is 4.67. The summed E-state index contributed by atoms with van der Waals surface area (Å²) < 4.78 is 10.5. The second kappa shape index (κ2) is 6.28. The van der Waals surface area contributed by atoms with E-state index in [1.807, 2.05) is 13.8 Å². The number of aromatic nitrogens is 1. The molecule has 1 aromatic heterocycles. The minimum Gasteiger partial charge on any atom is -0.451 e. The highest BCUT2D eigenvalue weighted by Gasteiger charge is 2.26. The Labute approximate surface area is 122 Å². The normalized spacial score (nSPS) is 22.6. The van der Waals surface area contributed by atoms with Gasteiger partial charge in [-0.25, -0.2) is 4.79 Å². The highest BCUT2D eigenvalue weighted by atomic mass is 35.5. The Morgan fingerprint density at radius 3 is 2.65 bits per heavy atom. The summed E-state index contributed by atoms with van der Waals surface area (Å²) in [6.45, 7) is 4.55. The molecule has 0 bridgehead atoms. The van der Waals surface area contributed by atoms with Crippen molar-refractivity contribution in [3.8, 4) is 0 Å². The lowest BCUT2D eigenvalue weighted by molar-refractivity contribution is -0.146. The monoisotopic (exact) mass is 300 g/mol. The molecule has 1 N–H and O–H groups in total. The van der Waals surface area contributed by atoms with Gasteiger partial charge in [-0.15, -0.1) is 0 Å². The number of carbonyl (C=O) groups is 2. The molecule has 0 aromatic carbocycles. The molecule has 7 heteroatoms. The van der Waals surface area contributed by atoms with Gasteiger partial charge in [-0.2, -0.15) is 0 Å². The van der Waals surface area contributed by atoms with Crippen LogP contribution in [-0.4, -0.2) is 53.7 Å². The highest BCUT2D eigenvalue weighted by Crippen LogP contribution is 2.12. The van der Waals surface area contributed by atoms with Gasteiger partial charge >= 0.3 is 5.97 Å². The maximum atomic E-state index is 12.0. The third kappa shape index (κ3) is 3.74. The third-order valence-corrected chi connectivity index (χ3v) is 3.18. The number of aromatic amines is 1. The Bertz CT molecular complexity index is 492. The predicted molar refractivity (Wildman–Crippen MR) is 72.7 cm³/mol. The number of rotatable bonds is 3. The van der Waals surface area contributed by atoms with Crippen LogP contribution in [0.3, 0.4) is 0 Å². The van der Waals surface area contributed by atoms with Gasteiger partial charge in [0.25, 0.3) is 5.91 Å². The first-order valence-electron chi connectivity index (χ1n) is 6.40. The number of ether oxygens (including phenoxy) is 2. The van der Waals surface area contributed by atoms with Crippen molar-refractivity contribution in [2.24, 2.45) is 0 Å². The third-order valence-electron chi connectivity index (χ3n) is 2.97. The lowest BCUT2D eigenvalue weighted by Crippen LogP contribution is -2.49. The van der Waals surface area contributed by atoms with Crippen molar-refractivity contribution in [1.82, 2.24) is 9.88 Å². The maximum absolute atomic E-state index is 12.0. The summed E-state index contributed by atoms with van der Waals surface area (Å²) in [6.07, 6.45) is 1.45. The smallest absolute Gasteiger partial charge is 0.355 e. The first-order valence-corrected chi connectivity index (χ1v) is 6.77. The standard InChI is InChI=1S/C13H17ClN2O4/c1-8-5-16(6-9(2)20-8)12(17)7-19-13(18)11-3-10(14)4-15-11/h3-4,8-9,15H,5-7H2,1-2H3/t8-,9+. The van der Waals surface area contributed by atoms with E-state index in [1.54, 1.807) is 4.90 Å². The van der Waals surface area contributed by atoms with Gasteiger partial charge in [-0.3, -0.25) is 4.79 Å². The van der Waals surface area contributed by atoms with E-state index in [2.05, 4.69) is 4.98 Å². The lowest BCUT2D eigenvalue weighted by Gasteiger charge is -2.35. The fraction of sp³-hybridized carbons (Fsp3) is 0.538. The highest BCUT2D eigenvalue weighted by molar-refractivity contribution is 6.30. The molecule has 2 atom stereocenters. The molecule has 0 aliphatic carbocycles. The summed E-state index contributed by atoms with van der Waals surface area (Å²) >= 11 is 5.69. The Balaban J connectivity index is 1.84. The van der Waals surface area contributed by atoms with Crippen molar-refractivity contribution < 1.29 is 19.1 Å². The van der Waals surface area contributed by atoms with Crippen molar-refractivity contribution in [1.29, 1.82) is 0 Å². The number of carbonyl (C=O) groups excluding carboxylic acids is 2. The van der Waals surface area contributed by atoms with Crippen LogP contribution in [0.25, 0.3) is 0 Å². The number of morpholine rings is 1. The number of nitrogens with zero attached hydrogens (tertiary/aromatic N) is 1. The molecule has 1 fully saturated rings. The van der Waals surface area contributed by atoms with E-state index in [4.69, 9.17) is 21.1 Å². The molecule has 2 rings (SSSR count). The molecule has 1 amide bonds. The molecule has 20 heavy (non-hydrogen) atoms. The Morgan fingerprint density at radius 2 is 2.10 bits per heavy atom. The lowest BCUT2D eigenvalue weighted by atomic mass is 10.2. The van der Waals surface area contributed by atoms with Gasteiger partial charge in [-0.05, 0) is 19.9 Å². The second-order valence-electron chi connectivity index (χ2n) is 4.86. The van der Waals surface area contributed by atoms with Crippen LogP contribution >= 0.6 is 11.6 Å². The average Bonchev–Trinajstić information content (AvgIpc) is 2.81. The van der Waals surface area contributed by atoms with E-state index in [-0.39, 0.29) is 30.4 Å². The minimum atomic E-state index is -0.598. The first kappa shape index (κ1) is 14.9. The van der Waals surface area contributed by atoms with E-state index in [1.165, 1.54) is 12.3 Å². The van der Waals surface area contributed by atoms with Crippen molar-refractivity contribution >= 4 is 23.5 Å². The molecule has 0 spiro atoms. The number of halogens is 1. The first-order chi connectivity index (χ1) is 9.45. The van der Waals surface area contributed by atoms with Crippen LogP contribution < -0.4 is 0 Å². The van der Waals surface area contributed by atoms with E-state index in [0.717, 1.165) is 0 Å². The molecule has 1 saturated heterocycles. The van der Waals surface area contributed by atoms with Crippen LogP contribution in [0, 0.1) is 0 Å². The molecule has 110 valence electrons. The molecule has 0 radical (unpaired) electrons. The average molecular weight is 301 g/mol. The number of nitrogens with one attached hydrogen (secondary N) is 1. The van der Waals surface area contributed by atoms with Gasteiger partial charge in [0, 0.05) is 19.3 Å². The van der Waals surface area contributed by atoms with Gasteiger partial charge in [-0.1, -0.05) is 11.6 Å². The Morgan fingerprint density at radius 1 is 1.45 bits per heavy atom. The molecular formula is C13H17ClN2O4. The van der Waals surface area contributed by atoms with Crippen molar-refractivity contribution in [2.75, 3.05) is 19.7 Å². The number of H-pyrrole nitrogens is 1. The zero-order valence-corrected chi connectivity index (χ0v) is 12.1. The Hall–Kier alpha value is -1.53. The molecule has 6 nitrogen and oxygen atoms in total. The largest absolute Gasteiger partial charge is 0.451 e. The van der Waals surface area contributed by atoms with Crippen molar-refractivity contribution in [2.45, 2.75) is 26.1 Å². The van der Waals surface area contributed by atoms with E-state index >= 15 is 0 Å². The number of hydrogen-bond donors (Lipinski definition) is 1.